The maximum atomic E-state index is 12.7. The van der Waals surface area contributed by atoms with Crippen LogP contribution >= 0.6 is 0 Å². The van der Waals surface area contributed by atoms with E-state index >= 15 is 0 Å². The van der Waals surface area contributed by atoms with E-state index in [1.54, 1.807) is 0 Å². The molecule has 6 heteroatoms. The lowest BCUT2D eigenvalue weighted by Crippen LogP contribution is -2.43. The van der Waals surface area contributed by atoms with Crippen molar-refractivity contribution in [2.75, 3.05) is 38.2 Å². The van der Waals surface area contributed by atoms with Crippen LogP contribution in [-0.2, 0) is 20.7 Å². The number of nitrogens with zero attached hydrogens (tertiary/aromatic N) is 1. The van der Waals surface area contributed by atoms with Gasteiger partial charge in [0.05, 0.1) is 25.7 Å². The molecule has 2 aromatic rings. The standard InChI is InChI=1S/C22H27N3O3/c1-17(26)23-20-9-7-18(8-10-20)15-22(27)24-21(19-5-3-2-4-6-19)16-25-11-13-28-14-12-25/h2-10,21H,11-16H2,1H3,(H,23,26)(H,24,27). The summed E-state index contributed by atoms with van der Waals surface area (Å²) < 4.78 is 5.43. The van der Waals surface area contributed by atoms with Gasteiger partial charge in [-0.15, -0.1) is 0 Å². The number of anilines is 1. The molecule has 1 saturated heterocycles. The van der Waals surface area contributed by atoms with Gasteiger partial charge in [0.2, 0.25) is 11.8 Å². The fourth-order valence-electron chi connectivity index (χ4n) is 3.30. The molecular formula is C22H27N3O3. The van der Waals surface area contributed by atoms with E-state index in [1.165, 1.54) is 6.92 Å². The van der Waals surface area contributed by atoms with Crippen LogP contribution < -0.4 is 10.6 Å². The Hall–Kier alpha value is -2.70. The summed E-state index contributed by atoms with van der Waals surface area (Å²) in [4.78, 5) is 26.1. The van der Waals surface area contributed by atoms with Crippen molar-refractivity contribution in [3.8, 4) is 0 Å². The zero-order valence-electron chi connectivity index (χ0n) is 16.2. The lowest BCUT2D eigenvalue weighted by molar-refractivity contribution is -0.121. The first-order chi connectivity index (χ1) is 13.6. The Morgan fingerprint density at radius 1 is 1.04 bits per heavy atom. The molecule has 1 unspecified atom stereocenters. The molecule has 6 nitrogen and oxygen atoms in total. The van der Waals surface area contributed by atoms with Crippen LogP contribution in [0.15, 0.2) is 54.6 Å². The van der Waals surface area contributed by atoms with Crippen molar-refractivity contribution in [3.63, 3.8) is 0 Å². The van der Waals surface area contributed by atoms with E-state index in [1.807, 2.05) is 54.6 Å². The molecule has 0 saturated carbocycles. The predicted octanol–water partition coefficient (Wildman–Crippen LogP) is 2.38. The molecule has 148 valence electrons. The third-order valence-electron chi connectivity index (χ3n) is 4.72. The van der Waals surface area contributed by atoms with Crippen LogP contribution in [0.4, 0.5) is 5.69 Å². The zero-order chi connectivity index (χ0) is 19.8. The quantitative estimate of drug-likeness (QED) is 0.773. The van der Waals surface area contributed by atoms with Crippen molar-refractivity contribution in [1.29, 1.82) is 0 Å². The first-order valence-electron chi connectivity index (χ1n) is 9.61. The fraction of sp³-hybridized carbons (Fsp3) is 0.364. The molecule has 0 spiro atoms. The second kappa shape index (κ2) is 10.0. The van der Waals surface area contributed by atoms with Gasteiger partial charge in [-0.05, 0) is 23.3 Å². The molecule has 0 bridgehead atoms. The summed E-state index contributed by atoms with van der Waals surface area (Å²) >= 11 is 0. The van der Waals surface area contributed by atoms with Gasteiger partial charge in [0.1, 0.15) is 0 Å². The van der Waals surface area contributed by atoms with E-state index < -0.39 is 0 Å². The molecule has 1 aliphatic heterocycles. The van der Waals surface area contributed by atoms with Crippen LogP contribution in [0.25, 0.3) is 0 Å². The van der Waals surface area contributed by atoms with Crippen LogP contribution in [0, 0.1) is 0 Å². The van der Waals surface area contributed by atoms with E-state index in [4.69, 9.17) is 4.74 Å². The second-order valence-corrected chi connectivity index (χ2v) is 7.00. The number of nitrogens with one attached hydrogen (secondary N) is 2. The molecule has 0 radical (unpaired) electrons. The summed E-state index contributed by atoms with van der Waals surface area (Å²) in [5, 5.41) is 5.91. The third-order valence-corrected chi connectivity index (χ3v) is 4.72. The largest absolute Gasteiger partial charge is 0.379 e. The second-order valence-electron chi connectivity index (χ2n) is 7.00. The summed E-state index contributed by atoms with van der Waals surface area (Å²) in [5.41, 5.74) is 2.74. The maximum Gasteiger partial charge on any atom is 0.224 e. The number of morpholine rings is 1. The van der Waals surface area contributed by atoms with Gasteiger partial charge in [-0.3, -0.25) is 14.5 Å². The Labute approximate surface area is 165 Å². The molecule has 1 aliphatic rings. The lowest BCUT2D eigenvalue weighted by Gasteiger charge is -2.31. The van der Waals surface area contributed by atoms with Gasteiger partial charge in [-0.25, -0.2) is 0 Å². The number of ether oxygens (including phenoxy) is 1. The minimum Gasteiger partial charge on any atom is -0.379 e. The number of rotatable bonds is 7. The van der Waals surface area contributed by atoms with Crippen molar-refractivity contribution in [3.05, 3.63) is 65.7 Å². The van der Waals surface area contributed by atoms with Gasteiger partial charge < -0.3 is 15.4 Å². The highest BCUT2D eigenvalue weighted by atomic mass is 16.5. The summed E-state index contributed by atoms with van der Waals surface area (Å²) in [6.07, 6.45) is 0.298. The van der Waals surface area contributed by atoms with Crippen LogP contribution in [0.2, 0.25) is 0 Å². The van der Waals surface area contributed by atoms with E-state index in [0.29, 0.717) is 6.42 Å². The predicted molar refractivity (Wildman–Crippen MR) is 109 cm³/mol. The van der Waals surface area contributed by atoms with Crippen LogP contribution in [0.5, 0.6) is 0 Å². The Kier molecular flexibility index (Phi) is 7.17. The van der Waals surface area contributed by atoms with Gasteiger partial charge in [-0.1, -0.05) is 42.5 Å². The molecule has 0 aromatic heterocycles. The molecule has 1 fully saturated rings. The lowest BCUT2D eigenvalue weighted by atomic mass is 10.0. The average Bonchev–Trinajstić information content (AvgIpc) is 2.70. The van der Waals surface area contributed by atoms with Crippen LogP contribution in [0.3, 0.4) is 0 Å². The molecule has 0 aliphatic carbocycles. The van der Waals surface area contributed by atoms with Crippen molar-refractivity contribution in [1.82, 2.24) is 10.2 Å². The molecule has 2 amide bonds. The van der Waals surface area contributed by atoms with Gasteiger partial charge in [0, 0.05) is 32.2 Å². The number of carbonyl (C=O) groups is 2. The summed E-state index contributed by atoms with van der Waals surface area (Å²) in [6, 6.07) is 17.4. The minimum atomic E-state index is -0.112. The van der Waals surface area contributed by atoms with E-state index in [-0.39, 0.29) is 17.9 Å². The smallest absolute Gasteiger partial charge is 0.224 e. The van der Waals surface area contributed by atoms with E-state index in [2.05, 4.69) is 15.5 Å². The number of hydrogen-bond donors (Lipinski definition) is 2. The Bertz CT molecular complexity index is 771. The van der Waals surface area contributed by atoms with E-state index in [0.717, 1.165) is 49.7 Å². The summed E-state index contributed by atoms with van der Waals surface area (Å²) in [7, 11) is 0. The van der Waals surface area contributed by atoms with Crippen molar-refractivity contribution < 1.29 is 14.3 Å². The van der Waals surface area contributed by atoms with Crippen molar-refractivity contribution >= 4 is 17.5 Å². The number of benzene rings is 2. The van der Waals surface area contributed by atoms with Gasteiger partial charge in [-0.2, -0.15) is 0 Å². The summed E-state index contributed by atoms with van der Waals surface area (Å²) in [5.74, 6) is -0.131. The Morgan fingerprint density at radius 2 is 1.71 bits per heavy atom. The highest BCUT2D eigenvalue weighted by molar-refractivity contribution is 5.88. The molecule has 3 rings (SSSR count). The molecule has 28 heavy (non-hydrogen) atoms. The maximum absolute atomic E-state index is 12.7. The number of amides is 2. The number of hydrogen-bond acceptors (Lipinski definition) is 4. The van der Waals surface area contributed by atoms with Crippen LogP contribution in [-0.4, -0.2) is 49.6 Å². The normalized spacial score (nSPS) is 15.6. The zero-order valence-corrected chi connectivity index (χ0v) is 16.2. The first kappa shape index (κ1) is 20.0. The Balaban J connectivity index is 1.62. The highest BCUT2D eigenvalue weighted by Crippen LogP contribution is 2.16. The monoisotopic (exact) mass is 381 g/mol. The molecule has 2 aromatic carbocycles. The SMILES string of the molecule is CC(=O)Nc1ccc(CC(=O)NC(CN2CCOCC2)c2ccccc2)cc1. The van der Waals surface area contributed by atoms with Gasteiger partial charge >= 0.3 is 0 Å². The van der Waals surface area contributed by atoms with Crippen molar-refractivity contribution in [2.45, 2.75) is 19.4 Å². The molecular weight excluding hydrogens is 354 g/mol. The van der Waals surface area contributed by atoms with Gasteiger partial charge in [0.15, 0.2) is 0 Å². The minimum absolute atomic E-state index is 0.0191. The molecule has 1 atom stereocenters. The average molecular weight is 381 g/mol. The topological polar surface area (TPSA) is 70.7 Å². The molecule has 1 heterocycles. The number of carbonyl (C=O) groups excluding carboxylic acids is 2. The van der Waals surface area contributed by atoms with E-state index in [9.17, 15) is 9.59 Å². The molecule has 2 N–H and O–H groups in total. The van der Waals surface area contributed by atoms with Crippen molar-refractivity contribution in [2.24, 2.45) is 0 Å². The summed E-state index contributed by atoms with van der Waals surface area (Å²) in [6.45, 7) is 5.46. The third kappa shape index (κ3) is 6.18. The van der Waals surface area contributed by atoms with Gasteiger partial charge in [0.25, 0.3) is 0 Å². The first-order valence-corrected chi connectivity index (χ1v) is 9.61. The van der Waals surface area contributed by atoms with Crippen LogP contribution in [0.1, 0.15) is 24.1 Å². The fourth-order valence-corrected chi connectivity index (χ4v) is 3.30. The highest BCUT2D eigenvalue weighted by Gasteiger charge is 2.20. The Morgan fingerprint density at radius 3 is 2.36 bits per heavy atom.